The number of carboxylic acid groups (broad SMARTS) is 1. The van der Waals surface area contributed by atoms with Gasteiger partial charge in [0, 0.05) is 23.0 Å². The maximum absolute atomic E-state index is 12.8. The van der Waals surface area contributed by atoms with E-state index in [0.717, 1.165) is 9.87 Å². The molecule has 114 valence electrons. The third-order valence-corrected chi connectivity index (χ3v) is 6.16. The van der Waals surface area contributed by atoms with Gasteiger partial charge in [-0.1, -0.05) is 15.9 Å². The van der Waals surface area contributed by atoms with E-state index in [1.165, 1.54) is 6.07 Å². The molecule has 0 radical (unpaired) electrons. The molecule has 1 atom stereocenters. The summed E-state index contributed by atoms with van der Waals surface area (Å²) in [7, 11) is -3.88. The fourth-order valence-electron chi connectivity index (χ4n) is 2.83. The van der Waals surface area contributed by atoms with E-state index in [4.69, 9.17) is 4.74 Å². The quantitative estimate of drug-likeness (QED) is 0.867. The number of fused-ring (bicyclic) bond motifs is 1. The molecule has 1 fully saturated rings. The average molecular weight is 376 g/mol. The van der Waals surface area contributed by atoms with Gasteiger partial charge < -0.3 is 9.84 Å². The van der Waals surface area contributed by atoms with Crippen molar-refractivity contribution in [3.8, 4) is 5.75 Å². The standard InChI is InChI=1S/C13H14BrNO5S/c14-9-6-8-3-5-20-12(8)11(7-9)21(18,19)15-4-1-2-10(15)13(16)17/h6-7,10H,1-5H2,(H,16,17)/t10-/m1/s1. The first-order chi connectivity index (χ1) is 9.91. The Kier molecular flexibility index (Phi) is 3.71. The SMILES string of the molecule is O=C(O)[C@H]1CCCN1S(=O)(=O)c1cc(Br)cc2c1OCC2. The summed E-state index contributed by atoms with van der Waals surface area (Å²) in [6.07, 6.45) is 1.54. The number of halogens is 1. The van der Waals surface area contributed by atoms with Gasteiger partial charge in [0.1, 0.15) is 16.7 Å². The second-order valence-corrected chi connectivity index (χ2v) is 7.88. The highest BCUT2D eigenvalue weighted by Gasteiger charge is 2.41. The molecule has 6 nitrogen and oxygen atoms in total. The Morgan fingerprint density at radius 3 is 2.90 bits per heavy atom. The lowest BCUT2D eigenvalue weighted by Crippen LogP contribution is -2.40. The second kappa shape index (κ2) is 5.26. The number of aliphatic carboxylic acids is 1. The van der Waals surface area contributed by atoms with E-state index in [9.17, 15) is 18.3 Å². The smallest absolute Gasteiger partial charge is 0.322 e. The van der Waals surface area contributed by atoms with Gasteiger partial charge in [-0.25, -0.2) is 8.42 Å². The Morgan fingerprint density at radius 1 is 1.43 bits per heavy atom. The van der Waals surface area contributed by atoms with Crippen molar-refractivity contribution in [2.24, 2.45) is 0 Å². The summed E-state index contributed by atoms with van der Waals surface area (Å²) in [6.45, 7) is 0.664. The summed E-state index contributed by atoms with van der Waals surface area (Å²) < 4.78 is 32.8. The molecule has 1 saturated heterocycles. The highest BCUT2D eigenvalue weighted by Crippen LogP contribution is 2.38. The Bertz CT molecular complexity index is 703. The average Bonchev–Trinajstić information content (AvgIpc) is 3.05. The molecule has 8 heteroatoms. The molecule has 0 aliphatic carbocycles. The van der Waals surface area contributed by atoms with Gasteiger partial charge in [-0.3, -0.25) is 4.79 Å². The maximum atomic E-state index is 12.8. The Morgan fingerprint density at radius 2 is 2.19 bits per heavy atom. The normalized spacial score (nSPS) is 22.0. The lowest BCUT2D eigenvalue weighted by molar-refractivity contribution is -0.140. The van der Waals surface area contributed by atoms with Crippen molar-refractivity contribution < 1.29 is 23.1 Å². The topological polar surface area (TPSA) is 83.9 Å². The fourth-order valence-corrected chi connectivity index (χ4v) is 5.34. The Hall–Kier alpha value is -1.12. The Labute approximate surface area is 130 Å². The van der Waals surface area contributed by atoms with E-state index in [-0.39, 0.29) is 11.4 Å². The summed E-state index contributed by atoms with van der Waals surface area (Å²) in [4.78, 5) is 11.3. The van der Waals surface area contributed by atoms with Crippen molar-refractivity contribution in [1.82, 2.24) is 4.31 Å². The molecular formula is C13H14BrNO5S. The second-order valence-electron chi connectivity index (χ2n) is 5.10. The number of carboxylic acids is 1. The van der Waals surface area contributed by atoms with Gasteiger partial charge in [0.15, 0.2) is 0 Å². The summed E-state index contributed by atoms with van der Waals surface area (Å²) in [5.74, 6) is -0.752. The van der Waals surface area contributed by atoms with Crippen LogP contribution in [0.4, 0.5) is 0 Å². The van der Waals surface area contributed by atoms with Crippen LogP contribution < -0.4 is 4.74 Å². The number of rotatable bonds is 3. The molecule has 1 aromatic carbocycles. The van der Waals surface area contributed by atoms with Crippen LogP contribution in [0.2, 0.25) is 0 Å². The first-order valence-corrected chi connectivity index (χ1v) is 8.84. The van der Waals surface area contributed by atoms with E-state index >= 15 is 0 Å². The summed E-state index contributed by atoms with van der Waals surface area (Å²) in [6, 6.07) is 2.32. The van der Waals surface area contributed by atoms with E-state index in [2.05, 4.69) is 15.9 Å². The van der Waals surface area contributed by atoms with Crippen molar-refractivity contribution in [1.29, 1.82) is 0 Å². The molecule has 21 heavy (non-hydrogen) atoms. The van der Waals surface area contributed by atoms with Gasteiger partial charge in [-0.05, 0) is 25.0 Å². The lowest BCUT2D eigenvalue weighted by Gasteiger charge is -2.22. The van der Waals surface area contributed by atoms with Gasteiger partial charge in [0.05, 0.1) is 6.61 Å². The van der Waals surface area contributed by atoms with Crippen LogP contribution in [-0.2, 0) is 21.2 Å². The molecule has 0 amide bonds. The van der Waals surface area contributed by atoms with Gasteiger partial charge in [0.25, 0.3) is 0 Å². The molecule has 1 aromatic rings. The fraction of sp³-hybridized carbons (Fsp3) is 0.462. The summed E-state index contributed by atoms with van der Waals surface area (Å²) in [5, 5.41) is 9.20. The predicted molar refractivity (Wildman–Crippen MR) is 77.9 cm³/mol. The van der Waals surface area contributed by atoms with Crippen molar-refractivity contribution in [2.75, 3.05) is 13.2 Å². The third kappa shape index (κ3) is 2.45. The zero-order valence-corrected chi connectivity index (χ0v) is 13.5. The van der Waals surface area contributed by atoms with Crippen LogP contribution in [0.1, 0.15) is 18.4 Å². The molecule has 0 unspecified atom stereocenters. The maximum Gasteiger partial charge on any atom is 0.322 e. The highest BCUT2D eigenvalue weighted by atomic mass is 79.9. The van der Waals surface area contributed by atoms with Crippen molar-refractivity contribution in [3.63, 3.8) is 0 Å². The summed E-state index contributed by atoms with van der Waals surface area (Å²) in [5.41, 5.74) is 0.828. The summed E-state index contributed by atoms with van der Waals surface area (Å²) >= 11 is 3.31. The molecular weight excluding hydrogens is 362 g/mol. The molecule has 0 saturated carbocycles. The van der Waals surface area contributed by atoms with Crippen LogP contribution in [0.15, 0.2) is 21.5 Å². The molecule has 0 aromatic heterocycles. The molecule has 2 heterocycles. The van der Waals surface area contributed by atoms with E-state index in [1.807, 2.05) is 6.07 Å². The number of sulfonamides is 1. The molecule has 1 N–H and O–H groups in total. The molecule has 2 aliphatic heterocycles. The molecule has 3 rings (SSSR count). The number of carbonyl (C=O) groups is 1. The van der Waals surface area contributed by atoms with E-state index in [1.54, 1.807) is 0 Å². The Balaban J connectivity index is 2.09. The van der Waals surface area contributed by atoms with Gasteiger partial charge in [-0.2, -0.15) is 4.31 Å². The highest BCUT2D eigenvalue weighted by molar-refractivity contribution is 9.10. The predicted octanol–water partition coefficient (Wildman–Crippen LogP) is 1.62. The largest absolute Gasteiger partial charge is 0.492 e. The molecule has 0 spiro atoms. The van der Waals surface area contributed by atoms with E-state index < -0.39 is 22.0 Å². The molecule has 0 bridgehead atoms. The van der Waals surface area contributed by atoms with Crippen LogP contribution in [0.25, 0.3) is 0 Å². The number of nitrogens with zero attached hydrogens (tertiary/aromatic N) is 1. The zero-order chi connectivity index (χ0) is 15.2. The first kappa shape index (κ1) is 14.8. The van der Waals surface area contributed by atoms with Crippen LogP contribution in [0, 0.1) is 0 Å². The van der Waals surface area contributed by atoms with Gasteiger partial charge in [0.2, 0.25) is 10.0 Å². The van der Waals surface area contributed by atoms with Crippen LogP contribution in [0.5, 0.6) is 5.75 Å². The lowest BCUT2D eigenvalue weighted by atomic mass is 10.2. The third-order valence-electron chi connectivity index (χ3n) is 3.79. The van der Waals surface area contributed by atoms with Crippen LogP contribution >= 0.6 is 15.9 Å². The molecule has 2 aliphatic rings. The minimum atomic E-state index is -3.88. The number of ether oxygens (including phenoxy) is 1. The van der Waals surface area contributed by atoms with Crippen molar-refractivity contribution in [3.05, 3.63) is 22.2 Å². The van der Waals surface area contributed by atoms with Gasteiger partial charge >= 0.3 is 5.97 Å². The van der Waals surface area contributed by atoms with Crippen LogP contribution in [0.3, 0.4) is 0 Å². The van der Waals surface area contributed by atoms with Crippen LogP contribution in [-0.4, -0.2) is 43.0 Å². The number of benzene rings is 1. The van der Waals surface area contributed by atoms with Gasteiger partial charge in [-0.15, -0.1) is 0 Å². The van der Waals surface area contributed by atoms with Crippen molar-refractivity contribution >= 4 is 31.9 Å². The zero-order valence-electron chi connectivity index (χ0n) is 11.1. The minimum absolute atomic E-state index is 0.0533. The monoisotopic (exact) mass is 375 g/mol. The van der Waals surface area contributed by atoms with E-state index in [0.29, 0.717) is 36.1 Å². The minimum Gasteiger partial charge on any atom is -0.492 e. The van der Waals surface area contributed by atoms with Crippen molar-refractivity contribution in [2.45, 2.75) is 30.2 Å². The number of hydrogen-bond donors (Lipinski definition) is 1. The number of hydrogen-bond acceptors (Lipinski definition) is 4. The first-order valence-electron chi connectivity index (χ1n) is 6.61.